The van der Waals surface area contributed by atoms with Gasteiger partial charge in [0.1, 0.15) is 5.75 Å². The zero-order valence-electron chi connectivity index (χ0n) is 11.3. The minimum absolute atomic E-state index is 0.116. The molecule has 0 aliphatic rings. The van der Waals surface area contributed by atoms with E-state index in [1.54, 1.807) is 7.11 Å². The molecule has 0 aliphatic heterocycles. The zero-order valence-corrected chi connectivity index (χ0v) is 11.3. The number of carbonyl (C=O) groups is 1. The summed E-state index contributed by atoms with van der Waals surface area (Å²) in [4.78, 5) is 10.9. The van der Waals surface area contributed by atoms with E-state index in [1.807, 2.05) is 26.8 Å². The summed E-state index contributed by atoms with van der Waals surface area (Å²) >= 11 is 0. The molecule has 0 fully saturated rings. The maximum absolute atomic E-state index is 10.9. The molecule has 0 spiro atoms. The molecule has 0 atom stereocenters. The number of benzene rings is 1. The molecule has 0 radical (unpaired) electrons. The minimum Gasteiger partial charge on any atom is -0.496 e. The average Bonchev–Trinajstić information content (AvgIpc) is 2.82. The van der Waals surface area contributed by atoms with Crippen LogP contribution in [0.3, 0.4) is 0 Å². The number of hydrogen-bond acceptors (Lipinski definition) is 4. The summed E-state index contributed by atoms with van der Waals surface area (Å²) in [6.07, 6.45) is 0. The van der Waals surface area contributed by atoms with E-state index < -0.39 is 5.97 Å². The summed E-state index contributed by atoms with van der Waals surface area (Å²) in [7, 11) is 1.58. The van der Waals surface area contributed by atoms with Crippen molar-refractivity contribution in [1.82, 2.24) is 5.16 Å². The van der Waals surface area contributed by atoms with Crippen molar-refractivity contribution in [3.8, 4) is 17.1 Å². The largest absolute Gasteiger partial charge is 0.496 e. The Balaban J connectivity index is 2.66. The fourth-order valence-corrected chi connectivity index (χ4v) is 2.11. The van der Waals surface area contributed by atoms with E-state index in [2.05, 4.69) is 5.16 Å². The van der Waals surface area contributed by atoms with Crippen molar-refractivity contribution < 1.29 is 19.2 Å². The van der Waals surface area contributed by atoms with Crippen LogP contribution in [0.25, 0.3) is 11.3 Å². The summed E-state index contributed by atoms with van der Waals surface area (Å²) in [5.41, 5.74) is 3.68. The van der Waals surface area contributed by atoms with Crippen LogP contribution in [0.4, 0.5) is 0 Å². The molecule has 19 heavy (non-hydrogen) atoms. The van der Waals surface area contributed by atoms with E-state index in [0.717, 1.165) is 22.3 Å². The van der Waals surface area contributed by atoms with E-state index >= 15 is 0 Å². The second-order valence-electron chi connectivity index (χ2n) is 4.43. The maximum atomic E-state index is 10.9. The van der Waals surface area contributed by atoms with Gasteiger partial charge in [-0.05, 0) is 37.5 Å². The van der Waals surface area contributed by atoms with Gasteiger partial charge in [-0.1, -0.05) is 11.2 Å². The third-order valence-electron chi connectivity index (χ3n) is 3.17. The van der Waals surface area contributed by atoms with E-state index in [4.69, 9.17) is 14.4 Å². The molecule has 1 heterocycles. The predicted molar refractivity (Wildman–Crippen MR) is 69.7 cm³/mol. The minimum atomic E-state index is -1.12. The van der Waals surface area contributed by atoms with Gasteiger partial charge in [-0.3, -0.25) is 0 Å². The fraction of sp³-hybridized carbons (Fsp3) is 0.286. The Morgan fingerprint density at radius 3 is 2.47 bits per heavy atom. The molecular formula is C14H15NO4. The number of ether oxygens (including phenoxy) is 1. The first kappa shape index (κ1) is 13.1. The van der Waals surface area contributed by atoms with Gasteiger partial charge in [-0.15, -0.1) is 0 Å². The van der Waals surface area contributed by atoms with Crippen LogP contribution in [0.2, 0.25) is 0 Å². The quantitative estimate of drug-likeness (QED) is 0.919. The fourth-order valence-electron chi connectivity index (χ4n) is 2.11. The number of nitrogens with zero attached hydrogens (tertiary/aromatic N) is 1. The van der Waals surface area contributed by atoms with Crippen molar-refractivity contribution in [2.45, 2.75) is 20.8 Å². The van der Waals surface area contributed by atoms with Crippen LogP contribution in [0.15, 0.2) is 16.7 Å². The first-order valence-electron chi connectivity index (χ1n) is 5.81. The zero-order chi connectivity index (χ0) is 14.2. The van der Waals surface area contributed by atoms with Gasteiger partial charge in [0.2, 0.25) is 0 Å². The maximum Gasteiger partial charge on any atom is 0.358 e. The number of carboxylic acids is 1. The molecule has 2 aromatic rings. The van der Waals surface area contributed by atoms with E-state index in [9.17, 15) is 4.79 Å². The molecule has 0 aliphatic carbocycles. The molecule has 0 unspecified atom stereocenters. The molecular weight excluding hydrogens is 246 g/mol. The number of aromatic carboxylic acids is 1. The SMILES string of the molecule is COc1c(C)c(C)cc(C)c1-c1cc(C(=O)O)no1. The van der Waals surface area contributed by atoms with E-state index in [-0.39, 0.29) is 5.69 Å². The number of aryl methyl sites for hydroxylation is 2. The number of methoxy groups -OCH3 is 1. The predicted octanol–water partition coefficient (Wildman–Crippen LogP) is 2.97. The van der Waals surface area contributed by atoms with Gasteiger partial charge < -0.3 is 14.4 Å². The van der Waals surface area contributed by atoms with Gasteiger partial charge in [0.05, 0.1) is 12.7 Å². The van der Waals surface area contributed by atoms with Crippen LogP contribution < -0.4 is 4.74 Å². The molecule has 1 aromatic heterocycles. The normalized spacial score (nSPS) is 10.5. The lowest BCUT2D eigenvalue weighted by Gasteiger charge is -2.14. The van der Waals surface area contributed by atoms with Crippen LogP contribution in [-0.4, -0.2) is 23.3 Å². The first-order valence-corrected chi connectivity index (χ1v) is 5.81. The van der Waals surface area contributed by atoms with Crippen molar-refractivity contribution in [3.63, 3.8) is 0 Å². The summed E-state index contributed by atoms with van der Waals surface area (Å²) in [6, 6.07) is 3.41. The molecule has 0 saturated heterocycles. The number of hydrogen-bond donors (Lipinski definition) is 1. The van der Waals surface area contributed by atoms with E-state index in [0.29, 0.717) is 11.5 Å². The van der Waals surface area contributed by atoms with Crippen molar-refractivity contribution >= 4 is 5.97 Å². The Morgan fingerprint density at radius 1 is 1.26 bits per heavy atom. The molecule has 5 nitrogen and oxygen atoms in total. The Bertz CT molecular complexity index is 643. The highest BCUT2D eigenvalue weighted by molar-refractivity contribution is 5.87. The van der Waals surface area contributed by atoms with Crippen LogP contribution in [-0.2, 0) is 0 Å². The number of aromatic nitrogens is 1. The lowest BCUT2D eigenvalue weighted by atomic mass is 9.97. The third-order valence-corrected chi connectivity index (χ3v) is 3.17. The van der Waals surface area contributed by atoms with Gasteiger partial charge in [-0.2, -0.15) is 0 Å². The number of rotatable bonds is 3. The van der Waals surface area contributed by atoms with Gasteiger partial charge in [-0.25, -0.2) is 4.79 Å². The molecule has 5 heteroatoms. The van der Waals surface area contributed by atoms with E-state index in [1.165, 1.54) is 6.07 Å². The Kier molecular flexibility index (Phi) is 3.29. The van der Waals surface area contributed by atoms with Gasteiger partial charge in [0, 0.05) is 6.07 Å². The Morgan fingerprint density at radius 2 is 1.95 bits per heavy atom. The highest BCUT2D eigenvalue weighted by atomic mass is 16.5. The summed E-state index contributed by atoms with van der Waals surface area (Å²) in [5, 5.41) is 12.4. The second-order valence-corrected chi connectivity index (χ2v) is 4.43. The van der Waals surface area contributed by atoms with Gasteiger partial charge in [0.15, 0.2) is 11.5 Å². The van der Waals surface area contributed by atoms with Crippen molar-refractivity contribution in [2.75, 3.05) is 7.11 Å². The van der Waals surface area contributed by atoms with Crippen molar-refractivity contribution in [3.05, 3.63) is 34.5 Å². The lowest BCUT2D eigenvalue weighted by Crippen LogP contribution is -1.97. The van der Waals surface area contributed by atoms with Crippen LogP contribution >= 0.6 is 0 Å². The highest BCUT2D eigenvalue weighted by Crippen LogP contribution is 2.37. The smallest absolute Gasteiger partial charge is 0.358 e. The summed E-state index contributed by atoms with van der Waals surface area (Å²) in [6.45, 7) is 5.87. The first-order chi connectivity index (χ1) is 8.95. The Labute approximate surface area is 110 Å². The van der Waals surface area contributed by atoms with Gasteiger partial charge >= 0.3 is 5.97 Å². The third kappa shape index (κ3) is 2.19. The topological polar surface area (TPSA) is 72.6 Å². The molecule has 1 N–H and O–H groups in total. The van der Waals surface area contributed by atoms with Crippen LogP contribution in [0, 0.1) is 20.8 Å². The lowest BCUT2D eigenvalue weighted by molar-refractivity contribution is 0.0686. The van der Waals surface area contributed by atoms with Crippen LogP contribution in [0.1, 0.15) is 27.2 Å². The van der Waals surface area contributed by atoms with Crippen molar-refractivity contribution in [2.24, 2.45) is 0 Å². The molecule has 0 bridgehead atoms. The van der Waals surface area contributed by atoms with Crippen LogP contribution in [0.5, 0.6) is 5.75 Å². The number of carboxylic acid groups (broad SMARTS) is 1. The average molecular weight is 261 g/mol. The van der Waals surface area contributed by atoms with Crippen molar-refractivity contribution in [1.29, 1.82) is 0 Å². The second kappa shape index (κ2) is 4.76. The monoisotopic (exact) mass is 261 g/mol. The molecule has 0 saturated carbocycles. The molecule has 2 rings (SSSR count). The molecule has 100 valence electrons. The highest BCUT2D eigenvalue weighted by Gasteiger charge is 2.19. The molecule has 0 amide bonds. The van der Waals surface area contributed by atoms with Gasteiger partial charge in [0.25, 0.3) is 0 Å². The summed E-state index contributed by atoms with van der Waals surface area (Å²) < 4.78 is 10.5. The summed E-state index contributed by atoms with van der Waals surface area (Å²) in [5.74, 6) is -0.0316. The Hall–Kier alpha value is -2.30. The standard InChI is InChI=1S/C14H15NO4/c1-7-5-8(2)12(13(18-4)9(7)3)11-6-10(14(16)17)15-19-11/h5-6H,1-4H3,(H,16,17). The molecule has 1 aromatic carbocycles.